The van der Waals surface area contributed by atoms with Crippen LogP contribution >= 0.6 is 0 Å². The van der Waals surface area contributed by atoms with Gasteiger partial charge < -0.3 is 0 Å². The van der Waals surface area contributed by atoms with Crippen molar-refractivity contribution in [2.24, 2.45) is 0 Å². The highest BCUT2D eigenvalue weighted by Gasteiger charge is 2.38. The predicted octanol–water partition coefficient (Wildman–Crippen LogP) is 10.7. The highest BCUT2D eigenvalue weighted by atomic mass is 19.2. The van der Waals surface area contributed by atoms with Gasteiger partial charge in [-0.15, -0.1) is 0 Å². The van der Waals surface area contributed by atoms with Gasteiger partial charge in [0, 0.05) is 10.8 Å². The van der Waals surface area contributed by atoms with Crippen molar-refractivity contribution < 1.29 is 123 Å². The first-order chi connectivity index (χ1) is 32.5. The van der Waals surface area contributed by atoms with Gasteiger partial charge in [0.15, 0.2) is 140 Å². The molecular formula is C40H2B2F28. The van der Waals surface area contributed by atoms with E-state index >= 15 is 26.3 Å². The first-order valence-electron chi connectivity index (χ1n) is 17.7. The van der Waals surface area contributed by atoms with Crippen LogP contribution in [0, 0.1) is 163 Å². The predicted molar refractivity (Wildman–Crippen MR) is 187 cm³/mol. The Morgan fingerprint density at radius 1 is 0.114 bits per heavy atom. The maximum atomic E-state index is 15.7. The lowest BCUT2D eigenvalue weighted by atomic mass is 9.60. The fraction of sp³-hybridized carbons (Fsp3) is 0. The zero-order valence-corrected chi connectivity index (χ0v) is 32.0. The lowest BCUT2D eigenvalue weighted by Gasteiger charge is -2.18. The number of rotatable bonds is 4. The molecule has 0 unspecified atom stereocenters. The molecule has 8 rings (SSSR count). The van der Waals surface area contributed by atoms with Gasteiger partial charge in [0.05, 0.1) is 32.3 Å². The van der Waals surface area contributed by atoms with E-state index in [1.807, 2.05) is 0 Å². The molecule has 0 aliphatic carbocycles. The van der Waals surface area contributed by atoms with Crippen molar-refractivity contribution in [2.75, 3.05) is 0 Å². The quantitative estimate of drug-likeness (QED) is 0.0542. The molecule has 0 aliphatic heterocycles. The third-order valence-electron chi connectivity index (χ3n) is 10.4. The van der Waals surface area contributed by atoms with E-state index in [-0.39, 0.29) is 0 Å². The SMILES string of the molecule is Fc1c(F)c(F)c(Bc2c(F)c(F)c(F)c(F)c2F)c(F)c1F.Fc1c(F)c(F)c2c(F)c3c(Bc4c(F)c(F)c(F)c5c(F)c6c(F)c(F)c(F)c(F)c6c(F)c45)c(F)c(F)c(F)c3c(F)c2c1F. The summed E-state index contributed by atoms with van der Waals surface area (Å²) in [6.45, 7) is 0. The second kappa shape index (κ2) is 17.4. The molecule has 0 fully saturated rings. The van der Waals surface area contributed by atoms with Gasteiger partial charge in [0.1, 0.15) is 23.3 Å². The third-order valence-corrected chi connectivity index (χ3v) is 10.4. The molecule has 0 nitrogen and oxygen atoms in total. The molecule has 0 saturated carbocycles. The van der Waals surface area contributed by atoms with Crippen LogP contribution < -0.4 is 21.9 Å². The van der Waals surface area contributed by atoms with Gasteiger partial charge in [0.25, 0.3) is 0 Å². The van der Waals surface area contributed by atoms with Crippen LogP contribution in [-0.2, 0) is 0 Å². The van der Waals surface area contributed by atoms with Gasteiger partial charge in [0.2, 0.25) is 14.6 Å². The Balaban J connectivity index is 0.000000263. The maximum absolute atomic E-state index is 15.7. The van der Waals surface area contributed by atoms with Gasteiger partial charge in [-0.1, -0.05) is 0 Å². The number of benzene rings is 8. The number of hydrogen-bond donors (Lipinski definition) is 0. The number of hydrogen-bond acceptors (Lipinski definition) is 0. The van der Waals surface area contributed by atoms with E-state index in [1.165, 1.54) is 0 Å². The first kappa shape index (κ1) is 50.8. The molecule has 0 aliphatic rings. The van der Waals surface area contributed by atoms with E-state index in [1.54, 1.807) is 0 Å². The average molecular weight is 1040 g/mol. The molecule has 0 bridgehead atoms. The smallest absolute Gasteiger partial charge is 0.206 e. The van der Waals surface area contributed by atoms with Crippen molar-refractivity contribution in [1.29, 1.82) is 0 Å². The van der Waals surface area contributed by atoms with Crippen LogP contribution in [0.25, 0.3) is 43.1 Å². The summed E-state index contributed by atoms with van der Waals surface area (Å²) in [6.07, 6.45) is 0. The maximum Gasteiger partial charge on any atom is 0.208 e. The molecule has 0 N–H and O–H groups in total. The number of halogens is 28. The van der Waals surface area contributed by atoms with Gasteiger partial charge >= 0.3 is 0 Å². The summed E-state index contributed by atoms with van der Waals surface area (Å²) in [5.41, 5.74) is -7.48. The molecule has 0 aromatic heterocycles. The zero-order valence-electron chi connectivity index (χ0n) is 32.0. The minimum absolute atomic E-state index is 1.73. The fourth-order valence-corrected chi connectivity index (χ4v) is 7.20. The topological polar surface area (TPSA) is 0 Å². The molecule has 0 atom stereocenters. The molecule has 364 valence electrons. The van der Waals surface area contributed by atoms with Crippen molar-refractivity contribution in [3.63, 3.8) is 0 Å². The summed E-state index contributed by atoms with van der Waals surface area (Å²) in [4.78, 5) is 0. The average Bonchev–Trinajstić information content (AvgIpc) is 3.33. The lowest BCUT2D eigenvalue weighted by Crippen LogP contribution is -2.39. The molecular weight excluding hydrogens is 1030 g/mol. The summed E-state index contributed by atoms with van der Waals surface area (Å²) in [5, 5.41) is -17.4. The summed E-state index contributed by atoms with van der Waals surface area (Å²) in [7, 11) is -3.94. The summed E-state index contributed by atoms with van der Waals surface area (Å²) >= 11 is 0. The number of fused-ring (bicyclic) bond motifs is 4. The van der Waals surface area contributed by atoms with Crippen molar-refractivity contribution in [1.82, 2.24) is 0 Å². The van der Waals surface area contributed by atoms with E-state index in [0.29, 0.717) is 0 Å². The summed E-state index contributed by atoms with van der Waals surface area (Å²) in [5.74, 6) is -73.6. The lowest BCUT2D eigenvalue weighted by molar-refractivity contribution is 0.382. The molecule has 30 heteroatoms. The summed E-state index contributed by atoms with van der Waals surface area (Å²) < 4.78 is 396. The van der Waals surface area contributed by atoms with Crippen LogP contribution in [0.15, 0.2) is 0 Å². The normalized spacial score (nSPS) is 11.7. The van der Waals surface area contributed by atoms with Gasteiger partial charge in [-0.05, 0) is 21.9 Å². The van der Waals surface area contributed by atoms with Gasteiger partial charge in [-0.25, -0.2) is 123 Å². The monoisotopic (exact) mass is 1040 g/mol. The Kier molecular flexibility index (Phi) is 12.7. The van der Waals surface area contributed by atoms with Crippen molar-refractivity contribution in [2.45, 2.75) is 0 Å². The Hall–Kier alpha value is -7.03. The molecule has 0 amide bonds. The Morgan fingerprint density at radius 3 is 0.471 bits per heavy atom. The van der Waals surface area contributed by atoms with Crippen molar-refractivity contribution in [3.05, 3.63) is 163 Å². The fourth-order valence-electron chi connectivity index (χ4n) is 7.20. The largest absolute Gasteiger partial charge is 0.208 e. The molecule has 0 saturated heterocycles. The third kappa shape index (κ3) is 7.00. The van der Waals surface area contributed by atoms with Crippen LogP contribution in [0.2, 0.25) is 0 Å². The van der Waals surface area contributed by atoms with Gasteiger partial charge in [-0.2, -0.15) is 0 Å². The Labute approximate surface area is 365 Å². The van der Waals surface area contributed by atoms with Crippen LogP contribution in [0.5, 0.6) is 0 Å². The molecule has 0 spiro atoms. The second-order valence-electron chi connectivity index (χ2n) is 14.1. The van der Waals surface area contributed by atoms with E-state index in [9.17, 15) is 96.6 Å². The highest BCUT2D eigenvalue weighted by Crippen LogP contribution is 2.40. The Morgan fingerprint density at radius 2 is 0.243 bits per heavy atom. The van der Waals surface area contributed by atoms with E-state index in [0.717, 1.165) is 0 Å². The second-order valence-corrected chi connectivity index (χ2v) is 14.1. The van der Waals surface area contributed by atoms with E-state index < -0.39 is 242 Å². The van der Waals surface area contributed by atoms with Crippen LogP contribution in [0.3, 0.4) is 0 Å². The molecule has 70 heavy (non-hydrogen) atoms. The van der Waals surface area contributed by atoms with E-state index in [4.69, 9.17) is 0 Å². The van der Waals surface area contributed by atoms with Crippen molar-refractivity contribution in [3.8, 4) is 0 Å². The molecule has 8 aromatic rings. The molecule has 0 radical (unpaired) electrons. The highest BCUT2D eigenvalue weighted by molar-refractivity contribution is 6.72. The molecule has 0 heterocycles. The first-order valence-corrected chi connectivity index (χ1v) is 17.7. The standard InChI is InChI=1S/C28HBF18.C12HBF10/c30-11-1-3(13(32)7-5(11)17(36)25(44)27(46)19(7)38)15(34)23(42)21(40)9(1)29-10-2-4(16(35)24(43)22(10)41)14(33)8-6(12(2)31)18(37)26(45)28(47)20(8)39;14-3-1(4(15)8(19)11(22)7(3)18)13-2-5(16)9(20)12(23)10(21)6(2)17/h29H;13H. The van der Waals surface area contributed by atoms with E-state index in [2.05, 4.69) is 0 Å². The summed E-state index contributed by atoms with van der Waals surface area (Å²) in [6, 6.07) is 0. The van der Waals surface area contributed by atoms with Crippen LogP contribution in [0.1, 0.15) is 0 Å². The van der Waals surface area contributed by atoms with Crippen molar-refractivity contribution >= 4 is 79.5 Å². The van der Waals surface area contributed by atoms with Gasteiger partial charge in [-0.3, -0.25) is 0 Å². The van der Waals surface area contributed by atoms with Crippen LogP contribution in [-0.4, -0.2) is 14.6 Å². The minimum Gasteiger partial charge on any atom is -0.206 e. The zero-order chi connectivity index (χ0) is 52.5. The minimum atomic E-state index is -2.84. The Bertz CT molecular complexity index is 3410. The molecule has 8 aromatic carbocycles. The van der Waals surface area contributed by atoms with Crippen LogP contribution in [0.4, 0.5) is 123 Å².